The SMILES string of the molecule is Cc1ccc([C@@H](C(=O)NCc2cnc(C)cc2C)N(C)C)cc1. The van der Waals surface area contributed by atoms with Gasteiger partial charge in [-0.2, -0.15) is 0 Å². The van der Waals surface area contributed by atoms with Gasteiger partial charge in [-0.15, -0.1) is 0 Å². The van der Waals surface area contributed by atoms with Crippen LogP contribution in [0.25, 0.3) is 0 Å². The van der Waals surface area contributed by atoms with Gasteiger partial charge in [-0.25, -0.2) is 0 Å². The molecule has 0 unspecified atom stereocenters. The van der Waals surface area contributed by atoms with Crippen LogP contribution in [0.2, 0.25) is 0 Å². The lowest BCUT2D eigenvalue weighted by Crippen LogP contribution is -2.36. The Hall–Kier alpha value is -2.20. The smallest absolute Gasteiger partial charge is 0.242 e. The molecule has 0 radical (unpaired) electrons. The highest BCUT2D eigenvalue weighted by Crippen LogP contribution is 2.19. The molecule has 2 rings (SSSR count). The minimum absolute atomic E-state index is 0.00109. The molecule has 0 bridgehead atoms. The Bertz CT molecular complexity index is 678. The lowest BCUT2D eigenvalue weighted by Gasteiger charge is -2.24. The van der Waals surface area contributed by atoms with E-state index in [-0.39, 0.29) is 11.9 Å². The van der Waals surface area contributed by atoms with Crippen molar-refractivity contribution in [1.82, 2.24) is 15.2 Å². The van der Waals surface area contributed by atoms with Crippen LogP contribution in [0.1, 0.15) is 34.0 Å². The van der Waals surface area contributed by atoms with Gasteiger partial charge < -0.3 is 5.32 Å². The summed E-state index contributed by atoms with van der Waals surface area (Å²) in [6.07, 6.45) is 1.83. The Morgan fingerprint density at radius 2 is 1.83 bits per heavy atom. The van der Waals surface area contributed by atoms with E-state index in [4.69, 9.17) is 0 Å². The maximum atomic E-state index is 12.6. The van der Waals surface area contributed by atoms with Gasteiger partial charge in [-0.05, 0) is 57.6 Å². The molecule has 1 amide bonds. The molecule has 4 nitrogen and oxygen atoms in total. The van der Waals surface area contributed by atoms with Crippen LogP contribution in [-0.2, 0) is 11.3 Å². The largest absolute Gasteiger partial charge is 0.350 e. The van der Waals surface area contributed by atoms with Crippen LogP contribution in [0, 0.1) is 20.8 Å². The zero-order valence-electron chi connectivity index (χ0n) is 14.6. The number of benzene rings is 1. The minimum Gasteiger partial charge on any atom is -0.350 e. The number of hydrogen-bond donors (Lipinski definition) is 1. The van der Waals surface area contributed by atoms with Crippen LogP contribution < -0.4 is 5.32 Å². The van der Waals surface area contributed by atoms with Gasteiger partial charge in [0.1, 0.15) is 6.04 Å². The first kappa shape index (κ1) is 17.2. The minimum atomic E-state index is -0.297. The standard InChI is InChI=1S/C19H25N3O/c1-13-6-8-16(9-7-13)18(22(4)5)19(23)21-12-17-11-20-15(3)10-14(17)2/h6-11,18H,12H2,1-5H3,(H,21,23)/t18-/m0/s1. The lowest BCUT2D eigenvalue weighted by molar-refractivity contribution is -0.125. The normalized spacial score (nSPS) is 12.3. The molecule has 122 valence electrons. The topological polar surface area (TPSA) is 45.2 Å². The van der Waals surface area contributed by atoms with Crippen molar-refractivity contribution < 1.29 is 4.79 Å². The number of amides is 1. The highest BCUT2D eigenvalue weighted by molar-refractivity contribution is 5.83. The Balaban J connectivity index is 2.11. The van der Waals surface area contributed by atoms with Crippen molar-refractivity contribution in [2.75, 3.05) is 14.1 Å². The first-order valence-electron chi connectivity index (χ1n) is 7.81. The molecule has 0 aliphatic rings. The number of nitrogens with zero attached hydrogens (tertiary/aromatic N) is 2. The summed E-state index contributed by atoms with van der Waals surface area (Å²) < 4.78 is 0. The molecule has 1 N–H and O–H groups in total. The molecule has 1 atom stereocenters. The third-order valence-corrected chi connectivity index (χ3v) is 3.97. The maximum absolute atomic E-state index is 12.6. The third kappa shape index (κ3) is 4.39. The first-order chi connectivity index (χ1) is 10.9. The van der Waals surface area contributed by atoms with E-state index in [1.807, 2.05) is 76.3 Å². The van der Waals surface area contributed by atoms with E-state index in [1.54, 1.807) is 0 Å². The van der Waals surface area contributed by atoms with Crippen LogP contribution in [0.5, 0.6) is 0 Å². The van der Waals surface area contributed by atoms with Gasteiger partial charge in [0.15, 0.2) is 0 Å². The number of rotatable bonds is 5. The van der Waals surface area contributed by atoms with Crippen molar-refractivity contribution in [3.05, 3.63) is 64.5 Å². The monoisotopic (exact) mass is 311 g/mol. The quantitative estimate of drug-likeness (QED) is 0.923. The fourth-order valence-corrected chi connectivity index (χ4v) is 2.62. The molecule has 0 fully saturated rings. The van der Waals surface area contributed by atoms with Gasteiger partial charge in [-0.1, -0.05) is 29.8 Å². The average Bonchev–Trinajstić information content (AvgIpc) is 2.48. The van der Waals surface area contributed by atoms with E-state index in [0.29, 0.717) is 6.54 Å². The number of carbonyl (C=O) groups excluding carboxylic acids is 1. The molecular formula is C19H25N3O. The number of aryl methyl sites for hydroxylation is 3. The molecular weight excluding hydrogens is 286 g/mol. The molecule has 1 heterocycles. The van der Waals surface area contributed by atoms with Gasteiger partial charge in [0.2, 0.25) is 5.91 Å². The second-order valence-corrected chi connectivity index (χ2v) is 6.25. The molecule has 1 aromatic heterocycles. The summed E-state index contributed by atoms with van der Waals surface area (Å²) in [4.78, 5) is 18.9. The van der Waals surface area contributed by atoms with Crippen molar-refractivity contribution in [3.63, 3.8) is 0 Å². The first-order valence-corrected chi connectivity index (χ1v) is 7.81. The van der Waals surface area contributed by atoms with Gasteiger partial charge in [0.25, 0.3) is 0 Å². The maximum Gasteiger partial charge on any atom is 0.242 e. The van der Waals surface area contributed by atoms with Gasteiger partial charge in [0.05, 0.1) is 0 Å². The predicted octanol–water partition coefficient (Wildman–Crippen LogP) is 2.93. The molecule has 23 heavy (non-hydrogen) atoms. The van der Waals surface area contributed by atoms with Crippen LogP contribution in [0.3, 0.4) is 0 Å². The summed E-state index contributed by atoms with van der Waals surface area (Å²) in [6, 6.07) is 9.83. The Morgan fingerprint density at radius 3 is 2.39 bits per heavy atom. The molecule has 4 heteroatoms. The van der Waals surface area contributed by atoms with E-state index in [2.05, 4.69) is 10.3 Å². The highest BCUT2D eigenvalue weighted by Gasteiger charge is 2.22. The number of carbonyl (C=O) groups is 1. The van der Waals surface area contributed by atoms with E-state index >= 15 is 0 Å². The number of likely N-dealkylation sites (N-methyl/N-ethyl adjacent to an activating group) is 1. The van der Waals surface area contributed by atoms with E-state index in [9.17, 15) is 4.79 Å². The number of aromatic nitrogens is 1. The third-order valence-electron chi connectivity index (χ3n) is 3.97. The number of pyridine rings is 1. The molecule has 2 aromatic rings. The fourth-order valence-electron chi connectivity index (χ4n) is 2.62. The second-order valence-electron chi connectivity index (χ2n) is 6.25. The van der Waals surface area contributed by atoms with Gasteiger partial charge in [-0.3, -0.25) is 14.7 Å². The molecule has 0 spiro atoms. The van der Waals surface area contributed by atoms with Crippen LogP contribution in [0.15, 0.2) is 36.5 Å². The van der Waals surface area contributed by atoms with E-state index < -0.39 is 0 Å². The summed E-state index contributed by atoms with van der Waals surface area (Å²) in [5.41, 5.74) is 5.37. The van der Waals surface area contributed by atoms with E-state index in [1.165, 1.54) is 5.56 Å². The molecule has 0 saturated heterocycles. The number of hydrogen-bond acceptors (Lipinski definition) is 3. The summed E-state index contributed by atoms with van der Waals surface area (Å²) in [5.74, 6) is -0.00109. The summed E-state index contributed by atoms with van der Waals surface area (Å²) in [6.45, 7) is 6.55. The lowest BCUT2D eigenvalue weighted by atomic mass is 10.0. The van der Waals surface area contributed by atoms with Crippen LogP contribution in [-0.4, -0.2) is 29.9 Å². The zero-order valence-corrected chi connectivity index (χ0v) is 14.6. The summed E-state index contributed by atoms with van der Waals surface area (Å²) in [5, 5.41) is 3.03. The highest BCUT2D eigenvalue weighted by atomic mass is 16.2. The van der Waals surface area contributed by atoms with Crippen molar-refractivity contribution in [1.29, 1.82) is 0 Å². The van der Waals surface area contributed by atoms with Crippen LogP contribution >= 0.6 is 0 Å². The fraction of sp³-hybridized carbons (Fsp3) is 0.368. The second kappa shape index (κ2) is 7.38. The number of nitrogens with one attached hydrogen (secondary N) is 1. The summed E-state index contributed by atoms with van der Waals surface area (Å²) in [7, 11) is 3.84. The Kier molecular flexibility index (Phi) is 5.50. The molecule has 1 aromatic carbocycles. The predicted molar refractivity (Wildman–Crippen MR) is 93.2 cm³/mol. The van der Waals surface area contributed by atoms with Crippen LogP contribution in [0.4, 0.5) is 0 Å². The zero-order chi connectivity index (χ0) is 17.0. The van der Waals surface area contributed by atoms with Crippen molar-refractivity contribution in [2.24, 2.45) is 0 Å². The average molecular weight is 311 g/mol. The molecule has 0 aliphatic heterocycles. The molecule has 0 saturated carbocycles. The Morgan fingerprint density at radius 1 is 1.17 bits per heavy atom. The molecule has 0 aliphatic carbocycles. The van der Waals surface area contributed by atoms with E-state index in [0.717, 1.165) is 22.4 Å². The van der Waals surface area contributed by atoms with Gasteiger partial charge in [0, 0.05) is 18.4 Å². The van der Waals surface area contributed by atoms with Crippen molar-refractivity contribution in [3.8, 4) is 0 Å². The van der Waals surface area contributed by atoms with Crippen molar-refractivity contribution in [2.45, 2.75) is 33.4 Å². The van der Waals surface area contributed by atoms with Crippen molar-refractivity contribution >= 4 is 5.91 Å². The van der Waals surface area contributed by atoms with Gasteiger partial charge >= 0.3 is 0 Å². The Labute approximate surface area is 138 Å². The summed E-state index contributed by atoms with van der Waals surface area (Å²) >= 11 is 0.